The van der Waals surface area contributed by atoms with Gasteiger partial charge < -0.3 is 4.74 Å². The molecule has 1 rings (SSSR count). The van der Waals surface area contributed by atoms with Crippen LogP contribution in [0.15, 0.2) is 12.1 Å². The van der Waals surface area contributed by atoms with Gasteiger partial charge >= 0.3 is 12.5 Å². The van der Waals surface area contributed by atoms with Gasteiger partial charge in [0.2, 0.25) is 0 Å². The maximum Gasteiger partial charge on any atom is 0.573 e. The summed E-state index contributed by atoms with van der Waals surface area (Å²) in [5, 5.41) is -1.09. The summed E-state index contributed by atoms with van der Waals surface area (Å²) in [6, 6.07) is -0.0450. The molecule has 0 amide bonds. The van der Waals surface area contributed by atoms with Gasteiger partial charge in [-0.2, -0.15) is 13.2 Å². The van der Waals surface area contributed by atoms with Crippen LogP contribution in [0.2, 0.25) is 5.02 Å². The molecule has 1 aromatic carbocycles. The zero-order valence-electron chi connectivity index (χ0n) is 7.59. The highest BCUT2D eigenvalue weighted by atomic mass is 35.5. The van der Waals surface area contributed by atoms with E-state index in [4.69, 9.17) is 11.6 Å². The van der Waals surface area contributed by atoms with Crippen molar-refractivity contribution < 1.29 is 35.5 Å². The van der Waals surface area contributed by atoms with Crippen molar-refractivity contribution in [2.75, 3.05) is 0 Å². The van der Waals surface area contributed by atoms with Gasteiger partial charge in [-0.3, -0.25) is 0 Å². The van der Waals surface area contributed by atoms with E-state index in [0.717, 1.165) is 0 Å². The first-order valence-corrected chi connectivity index (χ1v) is 4.20. The third kappa shape index (κ3) is 3.65. The van der Waals surface area contributed by atoms with Gasteiger partial charge in [-0.15, -0.1) is 13.2 Å². The van der Waals surface area contributed by atoms with E-state index in [-0.39, 0.29) is 12.1 Å². The summed E-state index contributed by atoms with van der Waals surface area (Å²) in [6.07, 6.45) is -10.2. The number of benzene rings is 1. The van der Waals surface area contributed by atoms with Gasteiger partial charge in [-0.25, -0.2) is 4.39 Å². The topological polar surface area (TPSA) is 9.23 Å². The Morgan fingerprint density at radius 2 is 1.53 bits per heavy atom. The Hall–Kier alpha value is -1.18. The molecule has 1 aromatic rings. The second-order valence-corrected chi connectivity index (χ2v) is 3.22. The molecule has 0 aliphatic rings. The Kier molecular flexibility index (Phi) is 3.47. The van der Waals surface area contributed by atoms with Crippen LogP contribution >= 0.6 is 11.6 Å². The van der Waals surface area contributed by atoms with Crippen molar-refractivity contribution in [2.24, 2.45) is 0 Å². The van der Waals surface area contributed by atoms with E-state index in [2.05, 4.69) is 4.74 Å². The molecule has 0 saturated carbocycles. The van der Waals surface area contributed by atoms with E-state index in [0.29, 0.717) is 0 Å². The molecular formula is C8H2ClF7O. The van der Waals surface area contributed by atoms with E-state index in [1.807, 2.05) is 0 Å². The van der Waals surface area contributed by atoms with Crippen LogP contribution in [0.5, 0.6) is 5.75 Å². The molecule has 0 bridgehead atoms. The maximum atomic E-state index is 12.9. The largest absolute Gasteiger partial charge is 0.573 e. The summed E-state index contributed by atoms with van der Waals surface area (Å²) in [7, 11) is 0. The Labute approximate surface area is 94.7 Å². The monoisotopic (exact) mass is 282 g/mol. The van der Waals surface area contributed by atoms with Gasteiger partial charge in [0.25, 0.3) is 0 Å². The minimum Gasteiger partial charge on any atom is -0.403 e. The molecule has 0 unspecified atom stereocenters. The van der Waals surface area contributed by atoms with Gasteiger partial charge in [-0.1, -0.05) is 11.6 Å². The molecule has 0 aliphatic heterocycles. The molecule has 0 spiro atoms. The highest BCUT2D eigenvalue weighted by Gasteiger charge is 2.37. The Balaban J connectivity index is 3.19. The summed E-state index contributed by atoms with van der Waals surface area (Å²) in [5.41, 5.74) is -1.58. The van der Waals surface area contributed by atoms with Crippen molar-refractivity contribution in [2.45, 2.75) is 12.5 Å². The predicted molar refractivity (Wildman–Crippen MR) is 43.1 cm³/mol. The average molecular weight is 283 g/mol. The molecule has 0 atom stereocenters. The SMILES string of the molecule is Fc1cc(C(F)(F)F)c(Cl)cc1OC(F)(F)F. The van der Waals surface area contributed by atoms with Gasteiger partial charge in [-0.05, 0) is 6.07 Å². The fourth-order valence-corrected chi connectivity index (χ4v) is 1.21. The molecular weight excluding hydrogens is 281 g/mol. The van der Waals surface area contributed by atoms with E-state index in [1.165, 1.54) is 0 Å². The molecule has 0 saturated heterocycles. The third-order valence-electron chi connectivity index (χ3n) is 1.55. The number of ether oxygens (including phenoxy) is 1. The third-order valence-corrected chi connectivity index (χ3v) is 1.87. The molecule has 0 fully saturated rings. The molecule has 0 radical (unpaired) electrons. The maximum absolute atomic E-state index is 12.9. The summed E-state index contributed by atoms with van der Waals surface area (Å²) in [6.45, 7) is 0. The smallest absolute Gasteiger partial charge is 0.403 e. The van der Waals surface area contributed by atoms with Crippen LogP contribution in [-0.4, -0.2) is 6.36 Å². The summed E-state index contributed by atoms with van der Waals surface area (Å²) in [4.78, 5) is 0. The Morgan fingerprint density at radius 3 is 1.94 bits per heavy atom. The average Bonchev–Trinajstić information content (AvgIpc) is 2.06. The van der Waals surface area contributed by atoms with Crippen LogP contribution in [0.3, 0.4) is 0 Å². The molecule has 17 heavy (non-hydrogen) atoms. The lowest BCUT2D eigenvalue weighted by Crippen LogP contribution is -2.18. The molecule has 0 heterocycles. The van der Waals surface area contributed by atoms with E-state index < -0.39 is 34.7 Å². The number of halogens is 8. The summed E-state index contributed by atoms with van der Waals surface area (Å²) >= 11 is 5.08. The van der Waals surface area contributed by atoms with E-state index in [9.17, 15) is 30.7 Å². The summed E-state index contributed by atoms with van der Waals surface area (Å²) in [5.74, 6) is -3.23. The first-order chi connectivity index (χ1) is 7.50. The molecule has 0 aromatic heterocycles. The molecule has 9 heteroatoms. The van der Waals surface area contributed by atoms with Crippen LogP contribution < -0.4 is 4.74 Å². The molecule has 1 nitrogen and oxygen atoms in total. The van der Waals surface area contributed by atoms with Crippen molar-refractivity contribution in [3.05, 3.63) is 28.5 Å². The lowest BCUT2D eigenvalue weighted by Gasteiger charge is -2.13. The number of alkyl halides is 6. The van der Waals surface area contributed by atoms with Crippen molar-refractivity contribution in [3.8, 4) is 5.75 Å². The number of hydrogen-bond donors (Lipinski definition) is 0. The fraction of sp³-hybridized carbons (Fsp3) is 0.250. The quantitative estimate of drug-likeness (QED) is 0.694. The van der Waals surface area contributed by atoms with Crippen LogP contribution in [0, 0.1) is 5.82 Å². The van der Waals surface area contributed by atoms with Gasteiger partial charge in [0, 0.05) is 6.07 Å². The minimum absolute atomic E-state index is 0.118. The van der Waals surface area contributed by atoms with Crippen LogP contribution in [0.4, 0.5) is 30.7 Å². The normalized spacial score (nSPS) is 12.7. The Morgan fingerprint density at radius 1 is 1.00 bits per heavy atom. The highest BCUT2D eigenvalue weighted by Crippen LogP contribution is 2.38. The van der Waals surface area contributed by atoms with E-state index >= 15 is 0 Å². The van der Waals surface area contributed by atoms with Crippen LogP contribution in [0.25, 0.3) is 0 Å². The lowest BCUT2D eigenvalue weighted by atomic mass is 10.2. The van der Waals surface area contributed by atoms with Crippen LogP contribution in [0.1, 0.15) is 5.56 Å². The molecule has 0 aliphatic carbocycles. The molecule has 96 valence electrons. The molecule has 0 N–H and O–H groups in total. The zero-order chi connectivity index (χ0) is 13.4. The van der Waals surface area contributed by atoms with Gasteiger partial charge in [0.15, 0.2) is 11.6 Å². The Bertz CT molecular complexity index is 423. The van der Waals surface area contributed by atoms with E-state index in [1.54, 1.807) is 0 Å². The van der Waals surface area contributed by atoms with Crippen molar-refractivity contribution in [1.82, 2.24) is 0 Å². The number of rotatable bonds is 1. The fourth-order valence-electron chi connectivity index (χ4n) is 0.949. The van der Waals surface area contributed by atoms with Crippen molar-refractivity contribution >= 4 is 11.6 Å². The number of hydrogen-bond acceptors (Lipinski definition) is 1. The van der Waals surface area contributed by atoms with Gasteiger partial charge in [0.1, 0.15) is 0 Å². The van der Waals surface area contributed by atoms with Crippen LogP contribution in [-0.2, 0) is 6.18 Å². The van der Waals surface area contributed by atoms with Crippen molar-refractivity contribution in [1.29, 1.82) is 0 Å². The predicted octanol–water partition coefficient (Wildman–Crippen LogP) is 4.40. The standard InChI is InChI=1S/C8H2ClF7O/c9-4-2-6(17-8(14,15)16)5(10)1-3(4)7(11,12)13/h1-2H. The van der Waals surface area contributed by atoms with Crippen molar-refractivity contribution in [3.63, 3.8) is 0 Å². The second kappa shape index (κ2) is 4.25. The zero-order valence-corrected chi connectivity index (χ0v) is 8.34. The highest BCUT2D eigenvalue weighted by molar-refractivity contribution is 6.31. The van der Waals surface area contributed by atoms with Gasteiger partial charge in [0.05, 0.1) is 10.6 Å². The lowest BCUT2D eigenvalue weighted by molar-refractivity contribution is -0.275. The first kappa shape index (κ1) is 13.9. The summed E-state index contributed by atoms with van der Waals surface area (Å²) < 4.78 is 87.8. The second-order valence-electron chi connectivity index (χ2n) is 2.81. The first-order valence-electron chi connectivity index (χ1n) is 3.82. The minimum atomic E-state index is -5.22.